The van der Waals surface area contributed by atoms with Gasteiger partial charge in [-0.05, 0) is 23.8 Å². The van der Waals surface area contributed by atoms with E-state index in [0.29, 0.717) is 56.2 Å². The van der Waals surface area contributed by atoms with Crippen LogP contribution < -0.4 is 14.8 Å². The molecule has 6 rings (SSSR count). The molecule has 0 saturated carbocycles. The van der Waals surface area contributed by atoms with Gasteiger partial charge in [-0.15, -0.1) is 0 Å². The number of carbonyl (C=O) groups is 2. The molecule has 1 aliphatic rings. The van der Waals surface area contributed by atoms with Crippen molar-refractivity contribution in [3.8, 4) is 22.6 Å². The smallest absolute Gasteiger partial charge is 0.259 e. The number of hydrogen-bond donors (Lipinski definition) is 1. The molecular formula is C28H18ClNO5. The highest BCUT2D eigenvalue weighted by Gasteiger charge is 2.35. The number of carbonyl (C=O) groups excluding carboxylic acids is 2. The van der Waals surface area contributed by atoms with Crippen molar-refractivity contribution in [2.24, 2.45) is 0 Å². The molecule has 0 aliphatic carbocycles. The van der Waals surface area contributed by atoms with Gasteiger partial charge in [0, 0.05) is 33.0 Å². The summed E-state index contributed by atoms with van der Waals surface area (Å²) >= 11 is 6.44. The molecule has 0 radical (unpaired) electrons. The molecule has 2 amide bonds. The number of imide groups is 1. The summed E-state index contributed by atoms with van der Waals surface area (Å²) in [6.45, 7) is 0.353. The average molecular weight is 484 g/mol. The first-order chi connectivity index (χ1) is 17.0. The molecule has 5 aromatic rings. The second kappa shape index (κ2) is 8.18. The second-order valence-corrected chi connectivity index (χ2v) is 8.59. The van der Waals surface area contributed by atoms with E-state index in [9.17, 15) is 9.59 Å². The van der Waals surface area contributed by atoms with E-state index in [1.54, 1.807) is 43.5 Å². The lowest BCUT2D eigenvalue weighted by molar-refractivity contribution is 0.0880. The van der Waals surface area contributed by atoms with E-state index in [1.807, 2.05) is 36.4 Å². The third-order valence-electron chi connectivity index (χ3n) is 6.13. The van der Waals surface area contributed by atoms with E-state index >= 15 is 0 Å². The topological polar surface area (TPSA) is 77.8 Å². The summed E-state index contributed by atoms with van der Waals surface area (Å²) in [6, 6.07) is 22.2. The number of furan rings is 1. The maximum atomic E-state index is 12.9. The van der Waals surface area contributed by atoms with Crippen molar-refractivity contribution in [3.63, 3.8) is 0 Å². The Morgan fingerprint density at radius 1 is 0.829 bits per heavy atom. The van der Waals surface area contributed by atoms with Crippen LogP contribution in [0.5, 0.6) is 11.5 Å². The van der Waals surface area contributed by atoms with Gasteiger partial charge in [0.15, 0.2) is 11.5 Å². The van der Waals surface area contributed by atoms with Gasteiger partial charge >= 0.3 is 0 Å². The molecule has 1 aliphatic heterocycles. The molecule has 6 nitrogen and oxygen atoms in total. The summed E-state index contributed by atoms with van der Waals surface area (Å²) in [6.07, 6.45) is 0. The largest absolute Gasteiger partial charge is 0.493 e. The first-order valence-electron chi connectivity index (χ1n) is 10.9. The lowest BCUT2D eigenvalue weighted by atomic mass is 9.93. The van der Waals surface area contributed by atoms with Gasteiger partial charge in [-0.25, -0.2) is 0 Å². The summed E-state index contributed by atoms with van der Waals surface area (Å²) in [7, 11) is 1.55. The van der Waals surface area contributed by atoms with Gasteiger partial charge in [-0.2, -0.15) is 0 Å². The van der Waals surface area contributed by atoms with E-state index < -0.39 is 11.8 Å². The van der Waals surface area contributed by atoms with Crippen LogP contribution in [0, 0.1) is 0 Å². The SMILES string of the molecule is COc1cc2c(cc1OCc1ccccc1)oc1cc(-c3ccccc3Cl)c3c(c12)C(=O)NC3=O. The Hall–Kier alpha value is -4.29. The Balaban J connectivity index is 1.57. The molecule has 0 atom stereocenters. The van der Waals surface area contributed by atoms with Crippen LogP contribution in [-0.4, -0.2) is 18.9 Å². The Kier molecular flexibility index (Phi) is 4.97. The first-order valence-corrected chi connectivity index (χ1v) is 11.3. The number of halogens is 1. The van der Waals surface area contributed by atoms with Crippen molar-refractivity contribution in [2.45, 2.75) is 6.61 Å². The molecule has 0 unspecified atom stereocenters. The zero-order valence-electron chi connectivity index (χ0n) is 18.6. The monoisotopic (exact) mass is 483 g/mol. The van der Waals surface area contributed by atoms with E-state index in [-0.39, 0.29) is 11.1 Å². The van der Waals surface area contributed by atoms with E-state index in [0.717, 1.165) is 5.56 Å². The summed E-state index contributed by atoms with van der Waals surface area (Å²) in [5, 5.41) is 4.08. The maximum absolute atomic E-state index is 12.9. The fourth-order valence-corrected chi connectivity index (χ4v) is 4.77. The number of rotatable bonds is 5. The summed E-state index contributed by atoms with van der Waals surface area (Å²) in [4.78, 5) is 25.7. The average Bonchev–Trinajstić information content (AvgIpc) is 3.38. The Labute approximate surface area is 205 Å². The number of hydrogen-bond acceptors (Lipinski definition) is 5. The predicted molar refractivity (Wildman–Crippen MR) is 133 cm³/mol. The fourth-order valence-electron chi connectivity index (χ4n) is 4.54. The highest BCUT2D eigenvalue weighted by Crippen LogP contribution is 2.44. The highest BCUT2D eigenvalue weighted by molar-refractivity contribution is 6.35. The maximum Gasteiger partial charge on any atom is 0.259 e. The normalized spacial score (nSPS) is 12.7. The van der Waals surface area contributed by atoms with Crippen LogP contribution in [-0.2, 0) is 6.61 Å². The third kappa shape index (κ3) is 3.42. The van der Waals surface area contributed by atoms with E-state index in [4.69, 9.17) is 25.5 Å². The highest BCUT2D eigenvalue weighted by atomic mass is 35.5. The number of fused-ring (bicyclic) bond motifs is 5. The van der Waals surface area contributed by atoms with Crippen LogP contribution in [0.1, 0.15) is 26.3 Å². The number of benzene rings is 4. The minimum atomic E-state index is -0.477. The van der Waals surface area contributed by atoms with Gasteiger partial charge in [0.1, 0.15) is 17.8 Å². The van der Waals surface area contributed by atoms with Gasteiger partial charge < -0.3 is 13.9 Å². The van der Waals surface area contributed by atoms with Crippen LogP contribution >= 0.6 is 11.6 Å². The summed E-state index contributed by atoms with van der Waals surface area (Å²) in [5.74, 6) is 0.0529. The zero-order chi connectivity index (χ0) is 24.1. The molecule has 172 valence electrons. The van der Waals surface area contributed by atoms with Crippen molar-refractivity contribution >= 4 is 45.4 Å². The molecule has 2 heterocycles. The molecule has 0 bridgehead atoms. The quantitative estimate of drug-likeness (QED) is 0.293. The van der Waals surface area contributed by atoms with Crippen LogP contribution in [0.2, 0.25) is 5.02 Å². The summed E-state index contributed by atoms with van der Waals surface area (Å²) in [5.41, 5.74) is 3.70. The minimum Gasteiger partial charge on any atom is -0.493 e. The van der Waals surface area contributed by atoms with Gasteiger partial charge in [0.25, 0.3) is 11.8 Å². The Morgan fingerprint density at radius 2 is 1.57 bits per heavy atom. The number of methoxy groups -OCH3 is 1. The molecule has 35 heavy (non-hydrogen) atoms. The molecule has 7 heteroatoms. The van der Waals surface area contributed by atoms with Crippen LogP contribution in [0.15, 0.2) is 77.2 Å². The van der Waals surface area contributed by atoms with Gasteiger partial charge in [-0.3, -0.25) is 14.9 Å². The third-order valence-corrected chi connectivity index (χ3v) is 6.46. The van der Waals surface area contributed by atoms with E-state index in [1.165, 1.54) is 0 Å². The number of nitrogens with one attached hydrogen (secondary N) is 1. The number of amides is 2. The van der Waals surface area contributed by atoms with Gasteiger partial charge in [0.05, 0.1) is 18.2 Å². The predicted octanol–water partition coefficient (Wildman–Crippen LogP) is 6.38. The molecule has 4 aromatic carbocycles. The van der Waals surface area contributed by atoms with Gasteiger partial charge in [-0.1, -0.05) is 60.1 Å². The van der Waals surface area contributed by atoms with Crippen LogP contribution in [0.3, 0.4) is 0 Å². The summed E-state index contributed by atoms with van der Waals surface area (Å²) < 4.78 is 17.8. The standard InChI is InChI=1S/C28H18ClNO5/c1-33-21-12-18-20(13-22(21)34-14-15-7-3-2-4-8-15)35-23-11-17(16-9-5-6-10-19(16)29)25-26(24(18)23)28(32)30-27(25)31/h2-13H,14H2,1H3,(H,30,31,32). The van der Waals surface area contributed by atoms with Crippen LogP contribution in [0.25, 0.3) is 33.1 Å². The lowest BCUT2D eigenvalue weighted by Crippen LogP contribution is -2.20. The van der Waals surface area contributed by atoms with Crippen molar-refractivity contribution in [1.29, 1.82) is 0 Å². The number of ether oxygens (including phenoxy) is 2. The minimum absolute atomic E-state index is 0.265. The first kappa shape index (κ1) is 21.3. The van der Waals surface area contributed by atoms with Crippen molar-refractivity contribution < 1.29 is 23.5 Å². The van der Waals surface area contributed by atoms with Crippen LogP contribution in [0.4, 0.5) is 0 Å². The zero-order valence-corrected chi connectivity index (χ0v) is 19.3. The van der Waals surface area contributed by atoms with Crippen molar-refractivity contribution in [1.82, 2.24) is 5.32 Å². The molecule has 0 saturated heterocycles. The lowest BCUT2D eigenvalue weighted by Gasteiger charge is -2.11. The van der Waals surface area contributed by atoms with Crippen molar-refractivity contribution in [3.05, 3.63) is 94.5 Å². The Morgan fingerprint density at radius 3 is 2.34 bits per heavy atom. The molecule has 1 aromatic heterocycles. The molecule has 1 N–H and O–H groups in total. The second-order valence-electron chi connectivity index (χ2n) is 8.19. The van der Waals surface area contributed by atoms with Gasteiger partial charge in [0.2, 0.25) is 0 Å². The molecule has 0 spiro atoms. The fraction of sp³-hybridized carbons (Fsp3) is 0.0714. The molecule has 0 fully saturated rings. The van der Waals surface area contributed by atoms with Crippen molar-refractivity contribution in [2.75, 3.05) is 7.11 Å². The Bertz CT molecular complexity index is 1660. The van der Waals surface area contributed by atoms with E-state index in [2.05, 4.69) is 5.32 Å². The molecular weight excluding hydrogens is 466 g/mol.